The van der Waals surface area contributed by atoms with E-state index in [1.165, 1.54) is 42.4 Å². The van der Waals surface area contributed by atoms with Crippen LogP contribution in [0.15, 0.2) is 243 Å². The van der Waals surface area contributed by atoms with Crippen molar-refractivity contribution in [3.63, 3.8) is 0 Å². The maximum absolute atomic E-state index is 2.46. The molecule has 0 aromatic heterocycles. The standard InChI is InChI=1S/2C26H24P2.Ir/c2*1-22(27(23-14-6-2-7-15-23)24-16-8-3-9-17-24)28(25-18-10-4-11-19-25)26-20-12-5-13-21-26;/h2*2-22H,1H3;. The van der Waals surface area contributed by atoms with Crippen molar-refractivity contribution in [3.8, 4) is 0 Å². The molecule has 57 heavy (non-hydrogen) atoms. The first-order chi connectivity index (χ1) is 27.7. The van der Waals surface area contributed by atoms with Crippen LogP contribution in [0.3, 0.4) is 0 Å². The largest absolute Gasteiger partial charge is 0.0622 e. The zero-order valence-electron chi connectivity index (χ0n) is 32.4. The van der Waals surface area contributed by atoms with Crippen LogP contribution in [0, 0.1) is 0 Å². The Morgan fingerprint density at radius 2 is 0.316 bits per heavy atom. The number of hydrogen-bond donors (Lipinski definition) is 0. The van der Waals surface area contributed by atoms with Gasteiger partial charge in [0.05, 0.1) is 0 Å². The van der Waals surface area contributed by atoms with E-state index in [0.29, 0.717) is 10.8 Å². The van der Waals surface area contributed by atoms with Crippen molar-refractivity contribution in [2.45, 2.75) is 24.6 Å². The minimum atomic E-state index is -0.470. The molecular weight excluding hydrogens is 941 g/mol. The van der Waals surface area contributed by atoms with Crippen LogP contribution in [0.25, 0.3) is 0 Å². The monoisotopic (exact) mass is 989 g/mol. The fraction of sp³-hybridized carbons (Fsp3) is 0.0769. The maximum Gasteiger partial charge on any atom is 0.0126 e. The van der Waals surface area contributed by atoms with Crippen LogP contribution >= 0.6 is 31.7 Å². The fourth-order valence-corrected chi connectivity index (χ4v) is 20.9. The Bertz CT molecular complexity index is 1790. The van der Waals surface area contributed by atoms with Gasteiger partial charge in [-0.05, 0) is 74.1 Å². The van der Waals surface area contributed by atoms with Gasteiger partial charge in [0, 0.05) is 30.9 Å². The third-order valence-electron chi connectivity index (χ3n) is 9.77. The third-order valence-corrected chi connectivity index (χ3v) is 22.4. The molecule has 0 saturated carbocycles. The molecule has 0 atom stereocenters. The second-order valence-electron chi connectivity index (χ2n) is 13.4. The van der Waals surface area contributed by atoms with E-state index in [2.05, 4.69) is 257 Å². The Morgan fingerprint density at radius 1 is 0.211 bits per heavy atom. The van der Waals surface area contributed by atoms with E-state index in [-0.39, 0.29) is 20.1 Å². The molecule has 0 aliphatic carbocycles. The van der Waals surface area contributed by atoms with Gasteiger partial charge in [-0.15, -0.1) is 0 Å². The first-order valence-corrected chi connectivity index (χ1v) is 24.9. The van der Waals surface area contributed by atoms with Gasteiger partial charge in [0.2, 0.25) is 0 Å². The van der Waals surface area contributed by atoms with E-state index < -0.39 is 31.7 Å². The molecule has 8 aromatic rings. The van der Waals surface area contributed by atoms with Gasteiger partial charge in [-0.3, -0.25) is 0 Å². The molecule has 0 amide bonds. The van der Waals surface area contributed by atoms with Crippen LogP contribution in [0.1, 0.15) is 13.8 Å². The quantitative estimate of drug-likeness (QED) is 0.107. The molecule has 0 aliphatic rings. The van der Waals surface area contributed by atoms with Gasteiger partial charge in [0.15, 0.2) is 0 Å². The summed E-state index contributed by atoms with van der Waals surface area (Å²) in [7, 11) is -1.88. The van der Waals surface area contributed by atoms with Crippen molar-refractivity contribution >= 4 is 74.1 Å². The van der Waals surface area contributed by atoms with Crippen LogP contribution in [-0.4, -0.2) is 10.8 Å². The molecular formula is C52H48IrP4. The molecule has 0 aliphatic heterocycles. The van der Waals surface area contributed by atoms with Crippen LogP contribution in [0.2, 0.25) is 0 Å². The van der Waals surface area contributed by atoms with Crippen LogP contribution < -0.4 is 42.4 Å². The van der Waals surface area contributed by atoms with E-state index in [9.17, 15) is 0 Å². The van der Waals surface area contributed by atoms with E-state index in [1.807, 2.05) is 0 Å². The predicted molar refractivity (Wildman–Crippen MR) is 255 cm³/mol. The van der Waals surface area contributed by atoms with Crippen molar-refractivity contribution < 1.29 is 20.1 Å². The van der Waals surface area contributed by atoms with Crippen LogP contribution in [-0.2, 0) is 20.1 Å². The molecule has 8 rings (SSSR count). The van der Waals surface area contributed by atoms with Gasteiger partial charge in [0.1, 0.15) is 0 Å². The fourth-order valence-electron chi connectivity index (χ4n) is 7.26. The molecule has 285 valence electrons. The van der Waals surface area contributed by atoms with Crippen LogP contribution in [0.4, 0.5) is 0 Å². The van der Waals surface area contributed by atoms with Gasteiger partial charge in [-0.1, -0.05) is 257 Å². The molecule has 0 bridgehead atoms. The summed E-state index contributed by atoms with van der Waals surface area (Å²) in [6.45, 7) is 4.91. The van der Waals surface area contributed by atoms with Gasteiger partial charge < -0.3 is 0 Å². The molecule has 0 heterocycles. The molecule has 0 fully saturated rings. The van der Waals surface area contributed by atoms with Crippen molar-refractivity contribution in [1.29, 1.82) is 0 Å². The summed E-state index contributed by atoms with van der Waals surface area (Å²) in [5.41, 5.74) is 0. The average molecular weight is 989 g/mol. The van der Waals surface area contributed by atoms with Crippen molar-refractivity contribution in [3.05, 3.63) is 243 Å². The Morgan fingerprint density at radius 3 is 0.421 bits per heavy atom. The van der Waals surface area contributed by atoms with Gasteiger partial charge in [-0.25, -0.2) is 0 Å². The summed E-state index contributed by atoms with van der Waals surface area (Å²) < 4.78 is 0. The molecule has 5 heteroatoms. The first-order valence-electron chi connectivity index (χ1n) is 19.3. The summed E-state index contributed by atoms with van der Waals surface area (Å²) in [5.74, 6) is 0. The topological polar surface area (TPSA) is 0 Å². The third kappa shape index (κ3) is 11.2. The molecule has 0 saturated heterocycles. The predicted octanol–water partition coefficient (Wildman–Crippen LogP) is 11.2. The summed E-state index contributed by atoms with van der Waals surface area (Å²) in [6.07, 6.45) is 0. The number of hydrogen-bond acceptors (Lipinski definition) is 0. The summed E-state index contributed by atoms with van der Waals surface area (Å²) in [4.78, 5) is 0. The molecule has 8 aromatic carbocycles. The van der Waals surface area contributed by atoms with Crippen molar-refractivity contribution in [1.82, 2.24) is 0 Å². The van der Waals surface area contributed by atoms with E-state index >= 15 is 0 Å². The van der Waals surface area contributed by atoms with Gasteiger partial charge >= 0.3 is 0 Å². The van der Waals surface area contributed by atoms with Crippen molar-refractivity contribution in [2.75, 3.05) is 0 Å². The number of rotatable bonds is 12. The average Bonchev–Trinajstić information content (AvgIpc) is 3.27. The number of benzene rings is 8. The SMILES string of the molecule is CC(P(c1ccccc1)c1ccccc1)P(c1ccccc1)c1ccccc1.CC(P(c1ccccc1)c1ccccc1)P(c1ccccc1)c1ccccc1.[Ir]. The van der Waals surface area contributed by atoms with E-state index in [4.69, 9.17) is 0 Å². The Labute approximate surface area is 359 Å². The maximum atomic E-state index is 2.46. The van der Waals surface area contributed by atoms with Crippen molar-refractivity contribution in [2.24, 2.45) is 0 Å². The molecule has 0 nitrogen and oxygen atoms in total. The van der Waals surface area contributed by atoms with Gasteiger partial charge in [-0.2, -0.15) is 0 Å². The second-order valence-corrected chi connectivity index (χ2v) is 24.4. The van der Waals surface area contributed by atoms with Crippen LogP contribution in [0.5, 0.6) is 0 Å². The normalized spacial score (nSPS) is 11.1. The Balaban J connectivity index is 0.000000189. The molecule has 1 radical (unpaired) electrons. The summed E-state index contributed by atoms with van der Waals surface area (Å²) in [6, 6.07) is 88.6. The molecule has 0 unspecified atom stereocenters. The smallest absolute Gasteiger partial charge is 0.0126 e. The second kappa shape index (κ2) is 22.3. The van der Waals surface area contributed by atoms with Gasteiger partial charge in [0.25, 0.3) is 0 Å². The van der Waals surface area contributed by atoms with E-state index in [1.54, 1.807) is 0 Å². The minimum Gasteiger partial charge on any atom is -0.0622 e. The van der Waals surface area contributed by atoms with E-state index in [0.717, 1.165) is 0 Å². The summed E-state index contributed by atoms with van der Waals surface area (Å²) in [5, 5.41) is 12.7. The Hall–Kier alpha value is -3.87. The summed E-state index contributed by atoms with van der Waals surface area (Å²) >= 11 is 0. The first kappa shape index (κ1) is 42.7. The minimum absolute atomic E-state index is 0. The Kier molecular flexibility index (Phi) is 16.7. The zero-order valence-corrected chi connectivity index (χ0v) is 38.3. The molecule has 0 spiro atoms. The zero-order chi connectivity index (χ0) is 38.4. The molecule has 0 N–H and O–H groups in total.